The number of aliphatic hydroxyl groups is 3. The fourth-order valence-electron chi connectivity index (χ4n) is 2.00. The second-order valence-electron chi connectivity index (χ2n) is 4.48. The lowest BCUT2D eigenvalue weighted by Crippen LogP contribution is -2.43. The minimum atomic E-state index is -1.09. The normalized spacial score (nSPS) is 26.5. The Balaban J connectivity index is 2.07. The van der Waals surface area contributed by atoms with E-state index in [9.17, 15) is 10.2 Å². The Kier molecular flexibility index (Phi) is 4.42. The van der Waals surface area contributed by atoms with Gasteiger partial charge in [0.05, 0.1) is 19.5 Å². The van der Waals surface area contributed by atoms with E-state index < -0.39 is 18.3 Å². The van der Waals surface area contributed by atoms with Gasteiger partial charge in [0.2, 0.25) is 0 Å². The van der Waals surface area contributed by atoms with E-state index in [1.165, 1.54) is 6.08 Å². The minimum Gasteiger partial charge on any atom is -0.497 e. The SMILES string of the molecule is COc1ccc(CC2=C[C@@H](O)[C@@H](O)[C@@H](CO)O2)cc1. The number of allylic oxidation sites excluding steroid dienone is 1. The predicted octanol–water partition coefficient (Wildman–Crippen LogP) is 0.234. The lowest BCUT2D eigenvalue weighted by molar-refractivity contribution is -0.0918. The van der Waals surface area contributed by atoms with Gasteiger partial charge in [-0.25, -0.2) is 0 Å². The molecule has 2 rings (SSSR count). The monoisotopic (exact) mass is 266 g/mol. The standard InChI is InChI=1S/C14H18O5/c1-18-10-4-2-9(3-5-10)6-11-7-12(16)14(17)13(8-15)19-11/h2-5,7,12-17H,6,8H2,1H3/t12-,13-,14-/m1/s1. The smallest absolute Gasteiger partial charge is 0.150 e. The van der Waals surface area contributed by atoms with Crippen LogP contribution in [0.3, 0.4) is 0 Å². The van der Waals surface area contributed by atoms with E-state index in [1.54, 1.807) is 7.11 Å². The Bertz CT molecular complexity index is 440. The summed E-state index contributed by atoms with van der Waals surface area (Å²) in [6.07, 6.45) is -0.928. The summed E-state index contributed by atoms with van der Waals surface area (Å²) in [4.78, 5) is 0. The number of ether oxygens (including phenoxy) is 2. The highest BCUT2D eigenvalue weighted by Gasteiger charge is 2.31. The summed E-state index contributed by atoms with van der Waals surface area (Å²) in [5.41, 5.74) is 0.993. The number of hydrogen-bond acceptors (Lipinski definition) is 5. The van der Waals surface area contributed by atoms with Gasteiger partial charge in [0.15, 0.2) is 0 Å². The summed E-state index contributed by atoms with van der Waals surface area (Å²) in [7, 11) is 1.60. The Morgan fingerprint density at radius 1 is 1.21 bits per heavy atom. The summed E-state index contributed by atoms with van der Waals surface area (Å²) >= 11 is 0. The number of hydrogen-bond donors (Lipinski definition) is 3. The molecule has 0 aliphatic carbocycles. The molecule has 1 heterocycles. The van der Waals surface area contributed by atoms with E-state index >= 15 is 0 Å². The van der Waals surface area contributed by atoms with Gasteiger partial charge in [-0.3, -0.25) is 0 Å². The molecule has 0 radical (unpaired) electrons. The van der Waals surface area contributed by atoms with Crippen molar-refractivity contribution in [1.82, 2.24) is 0 Å². The summed E-state index contributed by atoms with van der Waals surface area (Å²) in [5, 5.41) is 28.4. The van der Waals surface area contributed by atoms with Crippen molar-refractivity contribution in [2.75, 3.05) is 13.7 Å². The maximum Gasteiger partial charge on any atom is 0.150 e. The van der Waals surface area contributed by atoms with Crippen LogP contribution in [0.1, 0.15) is 5.56 Å². The van der Waals surface area contributed by atoms with E-state index in [4.69, 9.17) is 14.6 Å². The van der Waals surface area contributed by atoms with Crippen molar-refractivity contribution in [3.63, 3.8) is 0 Å². The average Bonchev–Trinajstić information content (AvgIpc) is 2.43. The van der Waals surface area contributed by atoms with Crippen LogP contribution in [0, 0.1) is 0 Å². The van der Waals surface area contributed by atoms with E-state index in [1.807, 2.05) is 24.3 Å². The lowest BCUT2D eigenvalue weighted by Gasteiger charge is -2.31. The van der Waals surface area contributed by atoms with Crippen LogP contribution >= 0.6 is 0 Å². The number of rotatable bonds is 4. The average molecular weight is 266 g/mol. The third kappa shape index (κ3) is 3.26. The summed E-state index contributed by atoms with van der Waals surface area (Å²) in [6.45, 7) is -0.335. The molecule has 3 N–H and O–H groups in total. The zero-order valence-electron chi connectivity index (χ0n) is 10.7. The predicted molar refractivity (Wildman–Crippen MR) is 68.8 cm³/mol. The van der Waals surface area contributed by atoms with Gasteiger partial charge in [-0.1, -0.05) is 12.1 Å². The molecule has 0 aromatic heterocycles. The number of aliphatic hydroxyl groups excluding tert-OH is 3. The van der Waals surface area contributed by atoms with Crippen LogP contribution in [0.15, 0.2) is 36.1 Å². The highest BCUT2D eigenvalue weighted by Crippen LogP contribution is 2.22. The van der Waals surface area contributed by atoms with Crippen LogP contribution in [0.4, 0.5) is 0 Å². The van der Waals surface area contributed by atoms with E-state index in [0.717, 1.165) is 11.3 Å². The molecule has 0 spiro atoms. The van der Waals surface area contributed by atoms with E-state index in [2.05, 4.69) is 0 Å². The van der Waals surface area contributed by atoms with Crippen molar-refractivity contribution < 1.29 is 24.8 Å². The highest BCUT2D eigenvalue weighted by atomic mass is 16.5. The topological polar surface area (TPSA) is 79.2 Å². The first-order valence-electron chi connectivity index (χ1n) is 6.11. The van der Waals surface area contributed by atoms with Crippen LogP contribution in [-0.2, 0) is 11.2 Å². The second kappa shape index (κ2) is 6.06. The zero-order chi connectivity index (χ0) is 13.8. The van der Waals surface area contributed by atoms with Gasteiger partial charge in [-0.2, -0.15) is 0 Å². The maximum absolute atomic E-state index is 9.67. The van der Waals surface area contributed by atoms with Gasteiger partial charge in [0, 0.05) is 6.42 Å². The van der Waals surface area contributed by atoms with E-state index in [-0.39, 0.29) is 6.61 Å². The molecule has 0 bridgehead atoms. The maximum atomic E-state index is 9.67. The zero-order valence-corrected chi connectivity index (χ0v) is 10.7. The fourth-order valence-corrected chi connectivity index (χ4v) is 2.00. The van der Waals surface area contributed by atoms with Crippen LogP contribution < -0.4 is 4.74 Å². The van der Waals surface area contributed by atoms with Gasteiger partial charge in [0.25, 0.3) is 0 Å². The van der Waals surface area contributed by atoms with Crippen molar-refractivity contribution in [2.45, 2.75) is 24.7 Å². The molecule has 3 atom stereocenters. The molecule has 5 nitrogen and oxygen atoms in total. The van der Waals surface area contributed by atoms with Gasteiger partial charge in [-0.05, 0) is 23.8 Å². The molecular weight excluding hydrogens is 248 g/mol. The summed E-state index contributed by atoms with van der Waals surface area (Å²) in [6, 6.07) is 7.48. The Morgan fingerprint density at radius 3 is 2.47 bits per heavy atom. The van der Waals surface area contributed by atoms with Gasteiger partial charge >= 0.3 is 0 Å². The first kappa shape index (κ1) is 13.9. The molecule has 1 aromatic carbocycles. The van der Waals surface area contributed by atoms with Crippen molar-refractivity contribution >= 4 is 0 Å². The molecule has 5 heteroatoms. The largest absolute Gasteiger partial charge is 0.497 e. The molecule has 104 valence electrons. The molecule has 0 unspecified atom stereocenters. The van der Waals surface area contributed by atoms with Crippen LogP contribution in [-0.4, -0.2) is 47.3 Å². The summed E-state index contributed by atoms with van der Waals surface area (Å²) in [5.74, 6) is 1.31. The van der Waals surface area contributed by atoms with Crippen LogP contribution in [0.2, 0.25) is 0 Å². The third-order valence-corrected chi connectivity index (χ3v) is 3.11. The Morgan fingerprint density at radius 2 is 1.89 bits per heavy atom. The Labute approximate surface area is 111 Å². The molecular formula is C14H18O5. The third-order valence-electron chi connectivity index (χ3n) is 3.11. The van der Waals surface area contributed by atoms with Crippen LogP contribution in [0.25, 0.3) is 0 Å². The van der Waals surface area contributed by atoms with Crippen molar-refractivity contribution in [3.8, 4) is 5.75 Å². The summed E-state index contributed by atoms with van der Waals surface area (Å²) < 4.78 is 10.5. The number of benzene rings is 1. The van der Waals surface area contributed by atoms with Gasteiger partial charge in [-0.15, -0.1) is 0 Å². The van der Waals surface area contributed by atoms with Crippen molar-refractivity contribution in [1.29, 1.82) is 0 Å². The molecule has 0 saturated carbocycles. The quantitative estimate of drug-likeness (QED) is 0.727. The molecule has 1 aromatic rings. The molecule has 1 aliphatic heterocycles. The minimum absolute atomic E-state index is 0.335. The highest BCUT2D eigenvalue weighted by molar-refractivity contribution is 5.29. The second-order valence-corrected chi connectivity index (χ2v) is 4.48. The molecule has 0 amide bonds. The molecule has 0 fully saturated rings. The van der Waals surface area contributed by atoms with Crippen molar-refractivity contribution in [2.24, 2.45) is 0 Å². The van der Waals surface area contributed by atoms with E-state index in [0.29, 0.717) is 12.2 Å². The Hall–Kier alpha value is -1.56. The molecule has 0 saturated heterocycles. The fraction of sp³-hybridized carbons (Fsp3) is 0.429. The van der Waals surface area contributed by atoms with Gasteiger partial charge in [0.1, 0.15) is 24.1 Å². The van der Waals surface area contributed by atoms with Gasteiger partial charge < -0.3 is 24.8 Å². The first-order chi connectivity index (χ1) is 9.13. The van der Waals surface area contributed by atoms with Crippen molar-refractivity contribution in [3.05, 3.63) is 41.7 Å². The molecule has 19 heavy (non-hydrogen) atoms. The van der Waals surface area contributed by atoms with Crippen LogP contribution in [0.5, 0.6) is 5.75 Å². The first-order valence-corrected chi connectivity index (χ1v) is 6.11. The lowest BCUT2D eigenvalue weighted by atomic mass is 10.0. The number of methoxy groups -OCH3 is 1. The molecule has 1 aliphatic rings.